The minimum Gasteiger partial charge on any atom is -0.0622 e. The first-order valence-electron chi connectivity index (χ1n) is 11.9. The van der Waals surface area contributed by atoms with Crippen LogP contribution < -0.4 is 0 Å². The molecule has 0 spiro atoms. The molecule has 6 rings (SSSR count). The molecular formula is C32H28Si. The molecule has 0 aromatic heterocycles. The number of rotatable bonds is 4. The topological polar surface area (TPSA) is 0 Å². The Morgan fingerprint density at radius 2 is 0.818 bits per heavy atom. The summed E-state index contributed by atoms with van der Waals surface area (Å²) in [4.78, 5) is 0. The largest absolute Gasteiger partial charge is 0.114 e. The van der Waals surface area contributed by atoms with E-state index in [4.69, 9.17) is 0 Å². The van der Waals surface area contributed by atoms with Crippen LogP contribution in [0.5, 0.6) is 0 Å². The van der Waals surface area contributed by atoms with Crippen LogP contribution in [0.25, 0.3) is 21.5 Å². The molecule has 2 aliphatic carbocycles. The van der Waals surface area contributed by atoms with Gasteiger partial charge in [0.1, 0.15) is 8.07 Å². The lowest BCUT2D eigenvalue weighted by Gasteiger charge is -2.31. The third kappa shape index (κ3) is 3.27. The van der Waals surface area contributed by atoms with Crippen molar-refractivity contribution in [1.82, 2.24) is 0 Å². The molecule has 160 valence electrons. The minimum absolute atomic E-state index is 1.03. The highest BCUT2D eigenvalue weighted by molar-refractivity contribution is 7.10. The summed E-state index contributed by atoms with van der Waals surface area (Å²) in [7, 11) is -2.07. The Morgan fingerprint density at radius 3 is 1.24 bits per heavy atom. The van der Waals surface area contributed by atoms with Gasteiger partial charge in [-0.25, -0.2) is 0 Å². The Labute approximate surface area is 198 Å². The summed E-state index contributed by atoms with van der Waals surface area (Å²) in [6.45, 7) is 5.15. The van der Waals surface area contributed by atoms with E-state index in [1.54, 1.807) is 10.4 Å². The van der Waals surface area contributed by atoms with E-state index in [9.17, 15) is 0 Å². The molecule has 0 fully saturated rings. The molecular weight excluding hydrogens is 412 g/mol. The maximum Gasteiger partial charge on any atom is 0.114 e. The van der Waals surface area contributed by atoms with Crippen LogP contribution in [0.2, 0.25) is 13.1 Å². The molecule has 0 aliphatic heterocycles. The van der Waals surface area contributed by atoms with E-state index >= 15 is 0 Å². The standard InChI is InChI=1S/C32H28Si/c1-33(2,31-27-19-11-9-17-25(27)21-29(31)23-13-5-3-6-14-23)32-28-20-12-10-18-26(28)22-30(32)24-15-7-4-8-16-24/h3-20H,21-22H2,1-2H3. The molecule has 33 heavy (non-hydrogen) atoms. The van der Waals surface area contributed by atoms with E-state index in [2.05, 4.69) is 122 Å². The number of hydrogen-bond donors (Lipinski definition) is 0. The van der Waals surface area contributed by atoms with Crippen molar-refractivity contribution in [3.63, 3.8) is 0 Å². The van der Waals surface area contributed by atoms with Crippen molar-refractivity contribution in [3.05, 3.63) is 143 Å². The molecule has 0 heterocycles. The van der Waals surface area contributed by atoms with E-state index in [0.717, 1.165) is 12.8 Å². The minimum atomic E-state index is -2.07. The van der Waals surface area contributed by atoms with Gasteiger partial charge in [-0.2, -0.15) is 0 Å². The summed E-state index contributed by atoms with van der Waals surface area (Å²) < 4.78 is 0. The SMILES string of the molecule is C[Si](C)(C1=C(c2ccccc2)Cc2ccccc21)C1=C(c2ccccc2)Cc2ccccc21. The predicted octanol–water partition coefficient (Wildman–Crippen LogP) is 8.11. The summed E-state index contributed by atoms with van der Waals surface area (Å²) in [6, 6.07) is 40.3. The van der Waals surface area contributed by atoms with Gasteiger partial charge in [0.25, 0.3) is 0 Å². The number of hydrogen-bond acceptors (Lipinski definition) is 0. The van der Waals surface area contributed by atoms with Gasteiger partial charge < -0.3 is 0 Å². The van der Waals surface area contributed by atoms with Crippen LogP contribution in [0.4, 0.5) is 0 Å². The van der Waals surface area contributed by atoms with E-state index in [0.29, 0.717) is 0 Å². The molecule has 0 nitrogen and oxygen atoms in total. The Morgan fingerprint density at radius 1 is 0.455 bits per heavy atom. The number of benzene rings is 4. The lowest BCUT2D eigenvalue weighted by molar-refractivity contribution is 1.32. The van der Waals surface area contributed by atoms with Crippen molar-refractivity contribution in [1.29, 1.82) is 0 Å². The van der Waals surface area contributed by atoms with E-state index in [1.165, 1.54) is 44.5 Å². The molecule has 0 bridgehead atoms. The van der Waals surface area contributed by atoms with E-state index in [1.807, 2.05) is 0 Å². The smallest absolute Gasteiger partial charge is 0.0622 e. The van der Waals surface area contributed by atoms with E-state index in [-0.39, 0.29) is 0 Å². The zero-order chi connectivity index (χ0) is 22.4. The highest BCUT2D eigenvalue weighted by Crippen LogP contribution is 2.52. The monoisotopic (exact) mass is 440 g/mol. The third-order valence-electron chi connectivity index (χ3n) is 7.41. The van der Waals surface area contributed by atoms with Crippen LogP contribution >= 0.6 is 0 Å². The first-order valence-corrected chi connectivity index (χ1v) is 14.9. The van der Waals surface area contributed by atoms with Gasteiger partial charge in [-0.1, -0.05) is 122 Å². The summed E-state index contributed by atoms with van der Waals surface area (Å²) in [6.07, 6.45) is 2.06. The van der Waals surface area contributed by atoms with Gasteiger partial charge >= 0.3 is 0 Å². The van der Waals surface area contributed by atoms with Gasteiger partial charge in [-0.15, -0.1) is 0 Å². The maximum absolute atomic E-state index is 2.58. The number of fused-ring (bicyclic) bond motifs is 2. The normalized spacial score (nSPS) is 15.1. The summed E-state index contributed by atoms with van der Waals surface area (Å²) in [5.74, 6) is 0. The average molecular weight is 441 g/mol. The molecule has 1 heteroatoms. The first-order chi connectivity index (χ1) is 16.1. The van der Waals surface area contributed by atoms with Crippen molar-refractivity contribution in [3.8, 4) is 0 Å². The molecule has 0 saturated heterocycles. The molecule has 4 aromatic rings. The van der Waals surface area contributed by atoms with Crippen LogP contribution in [-0.2, 0) is 12.8 Å². The molecule has 0 saturated carbocycles. The van der Waals surface area contributed by atoms with Crippen LogP contribution in [0.1, 0.15) is 33.4 Å². The van der Waals surface area contributed by atoms with Crippen molar-refractivity contribution >= 4 is 29.6 Å². The number of allylic oxidation sites excluding steroid dienone is 2. The van der Waals surface area contributed by atoms with Gasteiger partial charge in [0.05, 0.1) is 0 Å². The summed E-state index contributed by atoms with van der Waals surface area (Å²) in [5, 5.41) is 3.23. The zero-order valence-electron chi connectivity index (χ0n) is 19.3. The lowest BCUT2D eigenvalue weighted by atomic mass is 10.0. The fourth-order valence-electron chi connectivity index (χ4n) is 6.04. The Kier molecular flexibility index (Phi) is 4.81. The molecule has 0 amide bonds. The lowest BCUT2D eigenvalue weighted by Crippen LogP contribution is -2.31. The van der Waals surface area contributed by atoms with Gasteiger partial charge in [-0.05, 0) is 67.8 Å². The van der Waals surface area contributed by atoms with Crippen molar-refractivity contribution in [2.45, 2.75) is 25.9 Å². The summed E-state index contributed by atoms with van der Waals surface area (Å²) >= 11 is 0. The molecule has 4 aromatic carbocycles. The zero-order valence-corrected chi connectivity index (χ0v) is 20.3. The van der Waals surface area contributed by atoms with Crippen LogP contribution in [0.15, 0.2) is 109 Å². The first kappa shape index (κ1) is 20.2. The Hall–Kier alpha value is -3.42. The highest BCUT2D eigenvalue weighted by atomic mass is 28.3. The van der Waals surface area contributed by atoms with Crippen LogP contribution in [0, 0.1) is 0 Å². The van der Waals surface area contributed by atoms with Gasteiger partial charge in [0, 0.05) is 0 Å². The second kappa shape index (κ2) is 7.86. The molecule has 0 radical (unpaired) electrons. The fraction of sp³-hybridized carbons (Fsp3) is 0.125. The van der Waals surface area contributed by atoms with Crippen LogP contribution in [-0.4, -0.2) is 8.07 Å². The van der Waals surface area contributed by atoms with Crippen molar-refractivity contribution in [2.75, 3.05) is 0 Å². The summed E-state index contributed by atoms with van der Waals surface area (Å²) in [5.41, 5.74) is 11.7. The quantitative estimate of drug-likeness (QED) is 0.281. The van der Waals surface area contributed by atoms with Gasteiger partial charge in [0.2, 0.25) is 0 Å². The second-order valence-electron chi connectivity index (χ2n) is 9.73. The van der Waals surface area contributed by atoms with Crippen molar-refractivity contribution in [2.24, 2.45) is 0 Å². The Balaban J connectivity index is 1.64. The molecule has 0 unspecified atom stereocenters. The van der Waals surface area contributed by atoms with Crippen molar-refractivity contribution < 1.29 is 0 Å². The maximum atomic E-state index is 2.58. The fourth-order valence-corrected chi connectivity index (χ4v) is 10.1. The van der Waals surface area contributed by atoms with E-state index < -0.39 is 8.07 Å². The third-order valence-corrected chi connectivity index (χ3v) is 11.0. The molecule has 2 aliphatic rings. The second-order valence-corrected chi connectivity index (χ2v) is 14.0. The predicted molar refractivity (Wildman–Crippen MR) is 144 cm³/mol. The molecule has 0 N–H and O–H groups in total. The Bertz CT molecular complexity index is 1300. The molecule has 0 atom stereocenters. The van der Waals surface area contributed by atoms with Gasteiger partial charge in [-0.3, -0.25) is 0 Å². The van der Waals surface area contributed by atoms with Gasteiger partial charge in [0.15, 0.2) is 0 Å². The van der Waals surface area contributed by atoms with Crippen LogP contribution in [0.3, 0.4) is 0 Å². The average Bonchev–Trinajstić information content (AvgIpc) is 3.45. The highest BCUT2D eigenvalue weighted by Gasteiger charge is 2.42.